The van der Waals surface area contributed by atoms with Crippen LogP contribution in [-0.2, 0) is 11.2 Å². The Balaban J connectivity index is 2.83. The molecule has 0 aliphatic heterocycles. The smallest absolute Gasteiger partial charge is 0.219 e. The Kier molecular flexibility index (Phi) is 3.24. The van der Waals surface area contributed by atoms with Gasteiger partial charge in [0.2, 0.25) is 5.91 Å². The third kappa shape index (κ3) is 2.32. The fraction of sp³-hybridized carbons (Fsp3) is 0.556. The van der Waals surface area contributed by atoms with Crippen LogP contribution in [0.2, 0.25) is 0 Å². The van der Waals surface area contributed by atoms with E-state index in [0.29, 0.717) is 0 Å². The fourth-order valence-corrected chi connectivity index (χ4v) is 1.38. The van der Waals surface area contributed by atoms with Gasteiger partial charge in [0.1, 0.15) is 5.82 Å². The maximum absolute atomic E-state index is 10.7. The lowest BCUT2D eigenvalue weighted by molar-refractivity contribution is -0.118. The second kappa shape index (κ2) is 4.23. The summed E-state index contributed by atoms with van der Waals surface area (Å²) in [5.74, 6) is 0.482. The van der Waals surface area contributed by atoms with E-state index in [9.17, 15) is 4.79 Å². The summed E-state index contributed by atoms with van der Waals surface area (Å²) in [5, 5.41) is 0. The summed E-state index contributed by atoms with van der Waals surface area (Å²) in [7, 11) is 0. The van der Waals surface area contributed by atoms with Crippen LogP contribution in [0.25, 0.3) is 0 Å². The van der Waals surface area contributed by atoms with Crippen LogP contribution in [0.5, 0.6) is 0 Å². The molecule has 0 radical (unpaired) electrons. The minimum absolute atomic E-state index is 0.134. The van der Waals surface area contributed by atoms with Crippen molar-refractivity contribution in [1.29, 1.82) is 0 Å². The van der Waals surface area contributed by atoms with E-state index in [0.717, 1.165) is 23.6 Å². The van der Waals surface area contributed by atoms with Crippen LogP contribution in [0.4, 0.5) is 0 Å². The maximum Gasteiger partial charge on any atom is 0.219 e. The number of nitrogens with zero attached hydrogens (tertiary/aromatic N) is 1. The molecule has 0 spiro atoms. The first kappa shape index (κ1) is 10.7. The van der Waals surface area contributed by atoms with E-state index in [1.807, 2.05) is 13.8 Å². The molecule has 1 unspecified atom stereocenters. The minimum atomic E-state index is -0.405. The Morgan fingerprint density at radius 2 is 2.29 bits per heavy atom. The lowest BCUT2D eigenvalue weighted by Gasteiger charge is -2.06. The predicted molar refractivity (Wildman–Crippen MR) is 53.4 cm³/mol. The number of hydrogen-bond acceptors (Lipinski definition) is 3. The van der Waals surface area contributed by atoms with Crippen molar-refractivity contribution in [2.45, 2.75) is 32.7 Å². The van der Waals surface area contributed by atoms with Crippen LogP contribution in [-0.4, -0.2) is 15.9 Å². The molecule has 5 N–H and O–H groups in total. The second-order valence-corrected chi connectivity index (χ2v) is 3.32. The zero-order valence-corrected chi connectivity index (χ0v) is 8.50. The molecule has 5 heteroatoms. The third-order valence-electron chi connectivity index (χ3n) is 2.08. The van der Waals surface area contributed by atoms with Gasteiger partial charge in [-0.05, 0) is 6.92 Å². The molecular weight excluding hydrogens is 180 g/mol. The Bertz CT molecular complexity index is 332. The van der Waals surface area contributed by atoms with Crippen molar-refractivity contribution in [3.63, 3.8) is 0 Å². The number of aromatic nitrogens is 2. The summed E-state index contributed by atoms with van der Waals surface area (Å²) in [6.07, 6.45) is 0.957. The van der Waals surface area contributed by atoms with Crippen molar-refractivity contribution < 1.29 is 4.79 Å². The van der Waals surface area contributed by atoms with Crippen LogP contribution in [0.1, 0.15) is 36.6 Å². The molecule has 1 heterocycles. The van der Waals surface area contributed by atoms with E-state index >= 15 is 0 Å². The summed E-state index contributed by atoms with van der Waals surface area (Å²) in [6, 6.07) is -0.399. The molecule has 1 amide bonds. The summed E-state index contributed by atoms with van der Waals surface area (Å²) >= 11 is 0. The molecule has 78 valence electrons. The van der Waals surface area contributed by atoms with Crippen LogP contribution < -0.4 is 11.5 Å². The molecule has 1 rings (SSSR count). The zero-order valence-electron chi connectivity index (χ0n) is 8.50. The lowest BCUT2D eigenvalue weighted by Crippen LogP contribution is -2.21. The average Bonchev–Trinajstić information content (AvgIpc) is 2.45. The molecule has 14 heavy (non-hydrogen) atoms. The monoisotopic (exact) mass is 196 g/mol. The van der Waals surface area contributed by atoms with Crippen LogP contribution in [0.15, 0.2) is 0 Å². The highest BCUT2D eigenvalue weighted by Gasteiger charge is 2.15. The maximum atomic E-state index is 10.7. The van der Waals surface area contributed by atoms with Crippen LogP contribution in [0.3, 0.4) is 0 Å². The molecule has 0 bridgehead atoms. The first-order chi connectivity index (χ1) is 6.54. The molecular formula is C9H16N4O. The average molecular weight is 196 g/mol. The Morgan fingerprint density at radius 1 is 1.64 bits per heavy atom. The highest BCUT2D eigenvalue weighted by atomic mass is 16.1. The van der Waals surface area contributed by atoms with Gasteiger partial charge in [0.15, 0.2) is 0 Å². The van der Waals surface area contributed by atoms with Crippen molar-refractivity contribution in [1.82, 2.24) is 9.97 Å². The SMILES string of the molecule is CCc1nc(C(N)CC(N)=O)c(C)[nH]1. The van der Waals surface area contributed by atoms with Crippen molar-refractivity contribution in [2.75, 3.05) is 0 Å². The Labute approximate surface area is 82.9 Å². The molecule has 0 fully saturated rings. The van der Waals surface area contributed by atoms with Gasteiger partial charge in [-0.3, -0.25) is 4.79 Å². The lowest BCUT2D eigenvalue weighted by atomic mass is 10.1. The van der Waals surface area contributed by atoms with Crippen LogP contribution in [0, 0.1) is 6.92 Å². The molecule has 0 aliphatic rings. The van der Waals surface area contributed by atoms with Crippen LogP contribution >= 0.6 is 0 Å². The van der Waals surface area contributed by atoms with Gasteiger partial charge in [0.05, 0.1) is 11.7 Å². The number of rotatable bonds is 4. The number of carbonyl (C=O) groups is 1. The van der Waals surface area contributed by atoms with E-state index < -0.39 is 11.9 Å². The first-order valence-corrected chi connectivity index (χ1v) is 4.63. The van der Waals surface area contributed by atoms with E-state index in [4.69, 9.17) is 11.5 Å². The number of nitrogens with one attached hydrogen (secondary N) is 1. The molecule has 0 saturated heterocycles. The van der Waals surface area contributed by atoms with E-state index in [1.165, 1.54) is 0 Å². The number of nitrogens with two attached hydrogens (primary N) is 2. The number of amides is 1. The fourth-order valence-electron chi connectivity index (χ4n) is 1.38. The number of carbonyl (C=O) groups excluding carboxylic acids is 1. The third-order valence-corrected chi connectivity index (χ3v) is 2.08. The van der Waals surface area contributed by atoms with Gasteiger partial charge in [-0.15, -0.1) is 0 Å². The zero-order chi connectivity index (χ0) is 10.7. The van der Waals surface area contributed by atoms with Crippen molar-refractivity contribution >= 4 is 5.91 Å². The largest absolute Gasteiger partial charge is 0.370 e. The molecule has 1 aromatic rings. The summed E-state index contributed by atoms with van der Waals surface area (Å²) in [5.41, 5.74) is 12.5. The van der Waals surface area contributed by atoms with Gasteiger partial charge < -0.3 is 16.5 Å². The molecule has 0 aromatic carbocycles. The number of imidazole rings is 1. The van der Waals surface area contributed by atoms with Gasteiger partial charge in [-0.25, -0.2) is 4.98 Å². The van der Waals surface area contributed by atoms with E-state index in [-0.39, 0.29) is 6.42 Å². The standard InChI is InChI=1S/C9H16N4O/c1-3-8-12-5(2)9(13-8)6(10)4-7(11)14/h6H,3-4,10H2,1-2H3,(H2,11,14)(H,12,13). The van der Waals surface area contributed by atoms with Gasteiger partial charge in [0, 0.05) is 18.5 Å². The van der Waals surface area contributed by atoms with E-state index in [2.05, 4.69) is 9.97 Å². The number of aromatic amines is 1. The Morgan fingerprint density at radius 3 is 2.71 bits per heavy atom. The normalized spacial score (nSPS) is 12.8. The molecule has 0 saturated carbocycles. The highest BCUT2D eigenvalue weighted by molar-refractivity contribution is 5.74. The summed E-state index contributed by atoms with van der Waals surface area (Å²) in [6.45, 7) is 3.89. The van der Waals surface area contributed by atoms with Crippen molar-refractivity contribution in [3.05, 3.63) is 17.2 Å². The highest BCUT2D eigenvalue weighted by Crippen LogP contribution is 2.15. The quantitative estimate of drug-likeness (QED) is 0.639. The number of primary amides is 1. The van der Waals surface area contributed by atoms with E-state index in [1.54, 1.807) is 0 Å². The van der Waals surface area contributed by atoms with Gasteiger partial charge >= 0.3 is 0 Å². The summed E-state index contributed by atoms with van der Waals surface area (Å²) in [4.78, 5) is 18.1. The molecule has 5 nitrogen and oxygen atoms in total. The topological polar surface area (TPSA) is 97.8 Å². The summed E-state index contributed by atoms with van der Waals surface area (Å²) < 4.78 is 0. The van der Waals surface area contributed by atoms with Gasteiger partial charge in [-0.1, -0.05) is 6.92 Å². The van der Waals surface area contributed by atoms with Gasteiger partial charge in [0.25, 0.3) is 0 Å². The number of aryl methyl sites for hydroxylation is 2. The molecule has 0 aliphatic carbocycles. The first-order valence-electron chi connectivity index (χ1n) is 4.63. The molecule has 1 aromatic heterocycles. The predicted octanol–water partition coefficient (Wildman–Crippen LogP) is 0.156. The number of hydrogen-bond donors (Lipinski definition) is 3. The van der Waals surface area contributed by atoms with Crippen molar-refractivity contribution in [3.8, 4) is 0 Å². The van der Waals surface area contributed by atoms with Crippen molar-refractivity contribution in [2.24, 2.45) is 11.5 Å². The molecule has 1 atom stereocenters. The number of H-pyrrole nitrogens is 1. The second-order valence-electron chi connectivity index (χ2n) is 3.32. The van der Waals surface area contributed by atoms with Gasteiger partial charge in [-0.2, -0.15) is 0 Å². The minimum Gasteiger partial charge on any atom is -0.370 e. The Hall–Kier alpha value is -1.36.